The second-order valence-electron chi connectivity index (χ2n) is 5.67. The van der Waals surface area contributed by atoms with Crippen LogP contribution in [0.15, 0.2) is 0 Å². The molecular weight excluding hydrogens is 254 g/mol. The molecule has 118 valence electrons. The third-order valence-corrected chi connectivity index (χ3v) is 3.18. The van der Waals surface area contributed by atoms with Gasteiger partial charge in [-0.25, -0.2) is 4.79 Å². The van der Waals surface area contributed by atoms with Crippen LogP contribution in [0.5, 0.6) is 0 Å². The summed E-state index contributed by atoms with van der Waals surface area (Å²) in [7, 11) is 0. The van der Waals surface area contributed by atoms with Crippen LogP contribution in [0.1, 0.15) is 66.2 Å². The van der Waals surface area contributed by atoms with Gasteiger partial charge in [-0.1, -0.05) is 40.5 Å². The van der Waals surface area contributed by atoms with Crippen LogP contribution < -0.4 is 0 Å². The summed E-state index contributed by atoms with van der Waals surface area (Å²) >= 11 is 0. The van der Waals surface area contributed by atoms with Crippen LogP contribution in [0.25, 0.3) is 0 Å². The fraction of sp³-hybridized carbons (Fsp3) is 0.875. The molecule has 4 nitrogen and oxygen atoms in total. The van der Waals surface area contributed by atoms with Crippen LogP contribution in [-0.2, 0) is 14.3 Å². The van der Waals surface area contributed by atoms with E-state index in [2.05, 4.69) is 27.7 Å². The summed E-state index contributed by atoms with van der Waals surface area (Å²) < 4.78 is 5.06. The molecule has 0 aliphatic carbocycles. The lowest BCUT2D eigenvalue weighted by Crippen LogP contribution is -2.39. The molecule has 0 saturated heterocycles. The fourth-order valence-electron chi connectivity index (χ4n) is 1.86. The number of amides is 1. The van der Waals surface area contributed by atoms with Gasteiger partial charge in [0.15, 0.2) is 0 Å². The van der Waals surface area contributed by atoms with E-state index in [1.54, 1.807) is 4.90 Å². The summed E-state index contributed by atoms with van der Waals surface area (Å²) in [6.07, 6.45) is 5.71. The van der Waals surface area contributed by atoms with E-state index in [1.165, 1.54) is 0 Å². The van der Waals surface area contributed by atoms with Crippen molar-refractivity contribution in [2.45, 2.75) is 66.2 Å². The van der Waals surface area contributed by atoms with Gasteiger partial charge in [0.2, 0.25) is 0 Å². The van der Waals surface area contributed by atoms with Gasteiger partial charge in [0, 0.05) is 13.1 Å². The summed E-state index contributed by atoms with van der Waals surface area (Å²) in [6.45, 7) is 10.1. The van der Waals surface area contributed by atoms with Crippen LogP contribution in [-0.4, -0.2) is 36.5 Å². The lowest BCUT2D eigenvalue weighted by molar-refractivity contribution is -0.160. The molecule has 0 aromatic carbocycles. The quantitative estimate of drug-likeness (QED) is 0.351. The first-order valence-electron chi connectivity index (χ1n) is 7.98. The first kappa shape index (κ1) is 18.9. The minimum absolute atomic E-state index is 0.345. The SMILES string of the molecule is CCCCN(CCCC)C(=O)C(=O)OCCCC(C)C. The summed E-state index contributed by atoms with van der Waals surface area (Å²) in [5.74, 6) is -0.576. The molecule has 0 bridgehead atoms. The van der Waals surface area contributed by atoms with Crippen molar-refractivity contribution in [3.05, 3.63) is 0 Å². The molecule has 20 heavy (non-hydrogen) atoms. The van der Waals surface area contributed by atoms with Gasteiger partial charge in [-0.3, -0.25) is 4.79 Å². The van der Waals surface area contributed by atoms with E-state index in [-0.39, 0.29) is 0 Å². The molecule has 0 aromatic rings. The van der Waals surface area contributed by atoms with Gasteiger partial charge in [0.05, 0.1) is 6.61 Å². The van der Waals surface area contributed by atoms with Gasteiger partial charge >= 0.3 is 11.9 Å². The molecule has 0 N–H and O–H groups in total. The third kappa shape index (κ3) is 8.94. The Labute approximate surface area is 123 Å². The minimum Gasteiger partial charge on any atom is -0.459 e. The van der Waals surface area contributed by atoms with Crippen molar-refractivity contribution in [2.24, 2.45) is 5.92 Å². The topological polar surface area (TPSA) is 46.6 Å². The first-order chi connectivity index (χ1) is 9.52. The number of esters is 1. The molecule has 0 atom stereocenters. The van der Waals surface area contributed by atoms with Crippen molar-refractivity contribution in [3.63, 3.8) is 0 Å². The highest BCUT2D eigenvalue weighted by molar-refractivity contribution is 6.32. The molecular formula is C16H31NO3. The number of unbranched alkanes of at least 4 members (excludes halogenated alkanes) is 2. The minimum atomic E-state index is -0.694. The third-order valence-electron chi connectivity index (χ3n) is 3.18. The van der Waals surface area contributed by atoms with Crippen LogP contribution in [0.3, 0.4) is 0 Å². The number of rotatable bonds is 10. The highest BCUT2D eigenvalue weighted by atomic mass is 16.5. The Morgan fingerprint density at radius 2 is 1.55 bits per heavy atom. The average molecular weight is 285 g/mol. The second-order valence-corrected chi connectivity index (χ2v) is 5.67. The van der Waals surface area contributed by atoms with Crippen molar-refractivity contribution in [1.82, 2.24) is 4.90 Å². The number of carbonyl (C=O) groups is 2. The van der Waals surface area contributed by atoms with Gasteiger partial charge in [-0.05, 0) is 31.6 Å². The number of carbonyl (C=O) groups excluding carboxylic acids is 2. The van der Waals surface area contributed by atoms with Gasteiger partial charge in [0.25, 0.3) is 0 Å². The van der Waals surface area contributed by atoms with Crippen LogP contribution in [0.2, 0.25) is 0 Å². The predicted molar refractivity (Wildman–Crippen MR) is 81.4 cm³/mol. The smallest absolute Gasteiger partial charge is 0.397 e. The molecule has 0 saturated carbocycles. The maximum Gasteiger partial charge on any atom is 0.397 e. The highest BCUT2D eigenvalue weighted by Crippen LogP contribution is 2.05. The van der Waals surface area contributed by atoms with E-state index in [1.807, 2.05) is 0 Å². The average Bonchev–Trinajstić information content (AvgIpc) is 2.42. The van der Waals surface area contributed by atoms with E-state index >= 15 is 0 Å². The maximum atomic E-state index is 12.0. The Hall–Kier alpha value is -1.06. The largest absolute Gasteiger partial charge is 0.459 e. The molecule has 0 aliphatic rings. The molecule has 0 heterocycles. The van der Waals surface area contributed by atoms with Gasteiger partial charge in [-0.15, -0.1) is 0 Å². The molecule has 0 aliphatic heterocycles. The Bertz CT molecular complexity index is 269. The van der Waals surface area contributed by atoms with Gasteiger partial charge < -0.3 is 9.64 Å². The normalized spacial score (nSPS) is 10.7. The molecule has 0 spiro atoms. The van der Waals surface area contributed by atoms with Crippen molar-refractivity contribution in [1.29, 1.82) is 0 Å². The van der Waals surface area contributed by atoms with E-state index in [0.717, 1.165) is 38.5 Å². The Morgan fingerprint density at radius 3 is 2.00 bits per heavy atom. The highest BCUT2D eigenvalue weighted by Gasteiger charge is 2.22. The predicted octanol–water partition coefficient (Wildman–Crippen LogP) is 3.39. The van der Waals surface area contributed by atoms with Crippen LogP contribution in [0, 0.1) is 5.92 Å². The monoisotopic (exact) mass is 285 g/mol. The summed E-state index contributed by atoms with van der Waals surface area (Å²) in [6, 6.07) is 0. The lowest BCUT2D eigenvalue weighted by Gasteiger charge is -2.21. The van der Waals surface area contributed by atoms with Crippen molar-refractivity contribution in [2.75, 3.05) is 19.7 Å². The number of ether oxygens (including phenoxy) is 1. The van der Waals surface area contributed by atoms with Crippen molar-refractivity contribution < 1.29 is 14.3 Å². The molecule has 0 rings (SSSR count). The number of nitrogens with zero attached hydrogens (tertiary/aromatic N) is 1. The number of hydrogen-bond acceptors (Lipinski definition) is 3. The van der Waals surface area contributed by atoms with E-state index < -0.39 is 11.9 Å². The standard InChI is InChI=1S/C16H31NO3/c1-5-7-11-17(12-8-6-2)15(18)16(19)20-13-9-10-14(3)4/h14H,5-13H2,1-4H3. The van der Waals surface area contributed by atoms with Crippen LogP contribution in [0.4, 0.5) is 0 Å². The summed E-state index contributed by atoms with van der Waals surface area (Å²) in [5, 5.41) is 0. The van der Waals surface area contributed by atoms with E-state index in [4.69, 9.17) is 4.74 Å². The number of hydrogen-bond donors (Lipinski definition) is 0. The zero-order chi connectivity index (χ0) is 15.4. The zero-order valence-electron chi connectivity index (χ0n) is 13.6. The molecule has 1 amide bonds. The van der Waals surface area contributed by atoms with Gasteiger partial charge in [0.1, 0.15) is 0 Å². The van der Waals surface area contributed by atoms with Crippen molar-refractivity contribution >= 4 is 11.9 Å². The summed E-state index contributed by atoms with van der Waals surface area (Å²) in [5.41, 5.74) is 0. The molecule has 0 fully saturated rings. The lowest BCUT2D eigenvalue weighted by atomic mass is 10.1. The van der Waals surface area contributed by atoms with Crippen LogP contribution >= 0.6 is 0 Å². The Morgan fingerprint density at radius 1 is 1.00 bits per heavy atom. The van der Waals surface area contributed by atoms with E-state index in [9.17, 15) is 9.59 Å². The molecule has 4 heteroatoms. The van der Waals surface area contributed by atoms with E-state index in [0.29, 0.717) is 25.6 Å². The Kier molecular flexibility index (Phi) is 11.1. The fourth-order valence-corrected chi connectivity index (χ4v) is 1.86. The van der Waals surface area contributed by atoms with Gasteiger partial charge in [-0.2, -0.15) is 0 Å². The molecule has 0 radical (unpaired) electrons. The maximum absolute atomic E-state index is 12.0. The Balaban J connectivity index is 4.14. The second kappa shape index (κ2) is 11.7. The van der Waals surface area contributed by atoms with Crippen molar-refractivity contribution in [3.8, 4) is 0 Å². The summed E-state index contributed by atoms with van der Waals surface area (Å²) in [4.78, 5) is 25.4. The first-order valence-corrected chi connectivity index (χ1v) is 7.98. The zero-order valence-corrected chi connectivity index (χ0v) is 13.6. The molecule has 0 aromatic heterocycles. The molecule has 0 unspecified atom stereocenters.